The Kier molecular flexibility index (Phi) is 7.89. The van der Waals surface area contributed by atoms with Gasteiger partial charge in [-0.2, -0.15) is 0 Å². The van der Waals surface area contributed by atoms with E-state index in [1.54, 1.807) is 37.3 Å². The smallest absolute Gasteiger partial charge is 0.257 e. The van der Waals surface area contributed by atoms with Gasteiger partial charge >= 0.3 is 0 Å². The summed E-state index contributed by atoms with van der Waals surface area (Å²) < 4.78 is 21.4. The lowest BCUT2D eigenvalue weighted by molar-refractivity contribution is -0.143. The third-order valence-corrected chi connectivity index (χ3v) is 5.52. The van der Waals surface area contributed by atoms with Crippen LogP contribution >= 0.6 is 0 Å². The number of piperazine rings is 1. The molecule has 166 valence electrons. The first-order valence-electron chi connectivity index (χ1n) is 10.2. The average molecular weight is 421 g/mol. The standard InChI is InChI=1S/C21H31N3O6/c1-27-15-20(25)24-10-11-30-17(14-24)13-22-6-8-23(9-7-22)21(26)18-5-4-16(28-2)12-19(18)29-3/h4-5,12,17H,6-11,13-15H2,1-3H3. The fraction of sp³-hybridized carbons (Fsp3) is 0.619. The van der Waals surface area contributed by atoms with E-state index in [9.17, 15) is 9.59 Å². The van der Waals surface area contributed by atoms with Crippen LogP contribution in [0.25, 0.3) is 0 Å². The minimum absolute atomic E-state index is 0.00495. The van der Waals surface area contributed by atoms with Crippen molar-refractivity contribution in [2.45, 2.75) is 6.10 Å². The summed E-state index contributed by atoms with van der Waals surface area (Å²) in [4.78, 5) is 30.9. The SMILES string of the molecule is COCC(=O)N1CCOC(CN2CCN(C(=O)c3ccc(OC)cc3OC)CC2)C1. The van der Waals surface area contributed by atoms with Gasteiger partial charge in [-0.25, -0.2) is 0 Å². The Morgan fingerprint density at radius 2 is 1.80 bits per heavy atom. The fourth-order valence-electron chi connectivity index (χ4n) is 3.84. The Hall–Kier alpha value is -2.36. The summed E-state index contributed by atoms with van der Waals surface area (Å²) in [5, 5.41) is 0. The molecule has 0 aliphatic carbocycles. The monoisotopic (exact) mass is 421 g/mol. The molecule has 3 rings (SSSR count). The first kappa shape index (κ1) is 22.3. The summed E-state index contributed by atoms with van der Waals surface area (Å²) in [7, 11) is 4.66. The Balaban J connectivity index is 1.51. The van der Waals surface area contributed by atoms with Gasteiger partial charge in [0.25, 0.3) is 5.91 Å². The zero-order valence-corrected chi connectivity index (χ0v) is 18.0. The molecule has 2 amide bonds. The van der Waals surface area contributed by atoms with Gasteiger partial charge in [-0.05, 0) is 12.1 Å². The number of morpholine rings is 1. The molecule has 1 atom stereocenters. The molecule has 9 heteroatoms. The van der Waals surface area contributed by atoms with E-state index in [2.05, 4.69) is 4.90 Å². The van der Waals surface area contributed by atoms with Crippen LogP contribution in [0.5, 0.6) is 11.5 Å². The lowest BCUT2D eigenvalue weighted by atomic mass is 10.1. The molecule has 0 aromatic heterocycles. The number of rotatable bonds is 7. The van der Waals surface area contributed by atoms with Crippen molar-refractivity contribution >= 4 is 11.8 Å². The first-order chi connectivity index (χ1) is 14.5. The van der Waals surface area contributed by atoms with Gasteiger partial charge in [-0.15, -0.1) is 0 Å². The molecule has 0 bridgehead atoms. The van der Waals surface area contributed by atoms with Gasteiger partial charge in [0.1, 0.15) is 18.1 Å². The van der Waals surface area contributed by atoms with Gasteiger partial charge in [-0.3, -0.25) is 14.5 Å². The Morgan fingerprint density at radius 3 is 2.47 bits per heavy atom. The van der Waals surface area contributed by atoms with Gasteiger partial charge < -0.3 is 28.7 Å². The van der Waals surface area contributed by atoms with Crippen molar-refractivity contribution in [1.29, 1.82) is 0 Å². The molecule has 2 aliphatic heterocycles. The Morgan fingerprint density at radius 1 is 1.03 bits per heavy atom. The molecule has 30 heavy (non-hydrogen) atoms. The molecule has 1 unspecified atom stereocenters. The Labute approximate surface area is 177 Å². The lowest BCUT2D eigenvalue weighted by Crippen LogP contribution is -2.54. The maximum absolute atomic E-state index is 13.0. The number of hydrogen-bond donors (Lipinski definition) is 0. The second-order valence-corrected chi connectivity index (χ2v) is 7.42. The first-order valence-corrected chi connectivity index (χ1v) is 10.2. The highest BCUT2D eigenvalue weighted by Gasteiger charge is 2.29. The zero-order chi connectivity index (χ0) is 21.5. The van der Waals surface area contributed by atoms with Crippen LogP contribution in [-0.4, -0.2) is 113 Å². The molecule has 9 nitrogen and oxygen atoms in total. The van der Waals surface area contributed by atoms with Crippen molar-refractivity contribution < 1.29 is 28.5 Å². The van der Waals surface area contributed by atoms with E-state index < -0.39 is 0 Å². The lowest BCUT2D eigenvalue weighted by Gasteiger charge is -2.39. The van der Waals surface area contributed by atoms with E-state index in [0.29, 0.717) is 49.8 Å². The highest BCUT2D eigenvalue weighted by atomic mass is 16.5. The van der Waals surface area contributed by atoms with Crippen molar-refractivity contribution in [2.24, 2.45) is 0 Å². The van der Waals surface area contributed by atoms with E-state index in [1.165, 1.54) is 7.11 Å². The molecular weight excluding hydrogens is 390 g/mol. The van der Waals surface area contributed by atoms with Crippen molar-refractivity contribution in [2.75, 3.05) is 80.4 Å². The summed E-state index contributed by atoms with van der Waals surface area (Å²) in [5.74, 6) is 1.12. The van der Waals surface area contributed by atoms with Crippen molar-refractivity contribution in [1.82, 2.24) is 14.7 Å². The number of benzene rings is 1. The van der Waals surface area contributed by atoms with Crippen LogP contribution in [0.15, 0.2) is 18.2 Å². The van der Waals surface area contributed by atoms with Crippen molar-refractivity contribution in [3.63, 3.8) is 0 Å². The largest absolute Gasteiger partial charge is 0.497 e. The minimum atomic E-state index is -0.0422. The summed E-state index contributed by atoms with van der Waals surface area (Å²) in [5.41, 5.74) is 0.537. The van der Waals surface area contributed by atoms with Crippen LogP contribution in [0.3, 0.4) is 0 Å². The molecule has 2 saturated heterocycles. The normalized spacial score (nSPS) is 20.2. The van der Waals surface area contributed by atoms with Crippen LogP contribution < -0.4 is 9.47 Å². The number of amides is 2. The summed E-state index contributed by atoms with van der Waals surface area (Å²) >= 11 is 0. The molecule has 2 aliphatic rings. The van der Waals surface area contributed by atoms with Gasteiger partial charge in [0.05, 0.1) is 32.5 Å². The van der Waals surface area contributed by atoms with E-state index in [0.717, 1.165) is 19.6 Å². The number of carbonyl (C=O) groups is 2. The number of carbonyl (C=O) groups excluding carboxylic acids is 2. The maximum Gasteiger partial charge on any atom is 0.257 e. The summed E-state index contributed by atoms with van der Waals surface area (Å²) in [6.45, 7) is 5.34. The molecule has 1 aromatic carbocycles. The van der Waals surface area contributed by atoms with Crippen LogP contribution in [0, 0.1) is 0 Å². The molecule has 0 N–H and O–H groups in total. The molecule has 0 saturated carbocycles. The van der Waals surface area contributed by atoms with Gasteiger partial charge in [0, 0.05) is 59.0 Å². The third kappa shape index (κ3) is 5.41. The molecule has 0 spiro atoms. The summed E-state index contributed by atoms with van der Waals surface area (Å²) in [6.07, 6.45) is -0.0245. The second-order valence-electron chi connectivity index (χ2n) is 7.42. The average Bonchev–Trinajstić information content (AvgIpc) is 2.79. The highest BCUT2D eigenvalue weighted by molar-refractivity contribution is 5.97. The van der Waals surface area contributed by atoms with E-state index in [4.69, 9.17) is 18.9 Å². The van der Waals surface area contributed by atoms with Crippen molar-refractivity contribution in [3.8, 4) is 11.5 Å². The third-order valence-electron chi connectivity index (χ3n) is 5.52. The maximum atomic E-state index is 13.0. The second kappa shape index (κ2) is 10.6. The van der Waals surface area contributed by atoms with E-state index >= 15 is 0 Å². The van der Waals surface area contributed by atoms with Gasteiger partial charge in [0.2, 0.25) is 5.91 Å². The molecule has 0 radical (unpaired) electrons. The zero-order valence-electron chi connectivity index (χ0n) is 18.0. The quantitative estimate of drug-likeness (QED) is 0.628. The van der Waals surface area contributed by atoms with Gasteiger partial charge in [0.15, 0.2) is 0 Å². The number of ether oxygens (including phenoxy) is 4. The predicted octanol–water partition coefficient (Wildman–Crippen LogP) is 0.335. The van der Waals surface area contributed by atoms with Crippen LogP contribution in [-0.2, 0) is 14.3 Å². The number of nitrogens with zero attached hydrogens (tertiary/aromatic N) is 3. The number of hydrogen-bond acceptors (Lipinski definition) is 7. The highest BCUT2D eigenvalue weighted by Crippen LogP contribution is 2.26. The van der Waals surface area contributed by atoms with Crippen LogP contribution in [0.2, 0.25) is 0 Å². The molecule has 2 heterocycles. The number of methoxy groups -OCH3 is 3. The van der Waals surface area contributed by atoms with Gasteiger partial charge in [-0.1, -0.05) is 0 Å². The van der Waals surface area contributed by atoms with Crippen LogP contribution in [0.1, 0.15) is 10.4 Å². The van der Waals surface area contributed by atoms with Crippen molar-refractivity contribution in [3.05, 3.63) is 23.8 Å². The predicted molar refractivity (Wildman–Crippen MR) is 110 cm³/mol. The molecule has 1 aromatic rings. The fourth-order valence-corrected chi connectivity index (χ4v) is 3.84. The topological polar surface area (TPSA) is 80.8 Å². The Bertz CT molecular complexity index is 735. The molecular formula is C21H31N3O6. The molecule has 2 fully saturated rings. The minimum Gasteiger partial charge on any atom is -0.497 e. The summed E-state index contributed by atoms with van der Waals surface area (Å²) in [6, 6.07) is 5.23. The van der Waals surface area contributed by atoms with E-state index in [1.807, 2.05) is 4.90 Å². The van der Waals surface area contributed by atoms with Crippen LogP contribution in [0.4, 0.5) is 0 Å². The van der Waals surface area contributed by atoms with E-state index in [-0.39, 0.29) is 24.5 Å².